The lowest BCUT2D eigenvalue weighted by Gasteiger charge is -1.89. The molecule has 0 fully saturated rings. The third-order valence-electron chi connectivity index (χ3n) is 1.03. The molecule has 0 saturated heterocycles. The molecule has 0 aromatic carbocycles. The number of aliphatic imine (C=N–C) groups is 1. The molecule has 2 heteroatoms. The van der Waals surface area contributed by atoms with Gasteiger partial charge in [0.15, 0.2) is 0 Å². The smallest absolute Gasteiger partial charge is 0.0330 e. The van der Waals surface area contributed by atoms with E-state index >= 15 is 0 Å². The zero-order valence-electron chi connectivity index (χ0n) is 4.92. The predicted molar refractivity (Wildman–Crippen MR) is 39.3 cm³/mol. The first kappa shape index (κ1) is 5.89. The highest BCUT2D eigenvalue weighted by Gasteiger charge is 1.91. The maximum Gasteiger partial charge on any atom is 0.0330 e. The van der Waals surface area contributed by atoms with Gasteiger partial charge in [-0.15, -0.1) is 11.8 Å². The lowest BCUT2D eigenvalue weighted by Crippen LogP contribution is -1.89. The number of nitrogens with zero attached hydrogens (tertiary/aromatic N) is 1. The van der Waals surface area contributed by atoms with Gasteiger partial charge in [-0.2, -0.15) is 0 Å². The van der Waals surface area contributed by atoms with Crippen LogP contribution in [0.4, 0.5) is 0 Å². The van der Waals surface area contributed by atoms with Crippen molar-refractivity contribution in [3.8, 4) is 0 Å². The van der Waals surface area contributed by atoms with Crippen molar-refractivity contribution >= 4 is 17.5 Å². The fourth-order valence-corrected chi connectivity index (χ4v) is 1.24. The van der Waals surface area contributed by atoms with E-state index in [0.29, 0.717) is 0 Å². The molecule has 0 aliphatic carbocycles. The van der Waals surface area contributed by atoms with Crippen molar-refractivity contribution in [1.82, 2.24) is 0 Å². The summed E-state index contributed by atoms with van der Waals surface area (Å²) in [7, 11) is 0. The summed E-state index contributed by atoms with van der Waals surface area (Å²) in [6.45, 7) is 2.07. The maximum atomic E-state index is 4.14. The van der Waals surface area contributed by atoms with Crippen molar-refractivity contribution in [2.24, 2.45) is 4.99 Å². The minimum atomic E-state index is 1.14. The molecule has 1 rings (SSSR count). The Morgan fingerprint density at radius 2 is 2.62 bits per heavy atom. The van der Waals surface area contributed by atoms with Gasteiger partial charge in [-0.05, 0) is 18.8 Å². The molecule has 0 radical (unpaired) electrons. The molecular weight excluding hydrogens is 118 g/mol. The summed E-state index contributed by atoms with van der Waals surface area (Å²) >= 11 is 1.82. The standard InChI is InChI=1S/C6H9NS/c1-6-2-4-8-5-3-7-6/h3,5H,2,4H2,1H3. The molecule has 0 saturated carbocycles. The highest BCUT2D eigenvalue weighted by atomic mass is 32.2. The number of thioether (sulfide) groups is 1. The van der Waals surface area contributed by atoms with Crippen LogP contribution in [0.25, 0.3) is 0 Å². The number of hydrogen-bond acceptors (Lipinski definition) is 2. The maximum absolute atomic E-state index is 4.14. The second-order valence-corrected chi connectivity index (χ2v) is 2.78. The molecule has 1 aliphatic heterocycles. The van der Waals surface area contributed by atoms with Crippen LogP contribution in [0.1, 0.15) is 13.3 Å². The van der Waals surface area contributed by atoms with E-state index < -0.39 is 0 Å². The highest BCUT2D eigenvalue weighted by molar-refractivity contribution is 8.02. The molecule has 1 heterocycles. The summed E-state index contributed by atoms with van der Waals surface area (Å²) in [6, 6.07) is 0. The van der Waals surface area contributed by atoms with Gasteiger partial charge in [-0.25, -0.2) is 0 Å². The Kier molecular flexibility index (Phi) is 2.15. The van der Waals surface area contributed by atoms with Crippen LogP contribution in [0.3, 0.4) is 0 Å². The Balaban J connectivity index is 2.52. The Bertz CT molecular complexity index is 126. The summed E-state index contributed by atoms with van der Waals surface area (Å²) in [5.41, 5.74) is 1.24. The van der Waals surface area contributed by atoms with Gasteiger partial charge in [0, 0.05) is 17.7 Å². The van der Waals surface area contributed by atoms with E-state index in [1.807, 2.05) is 23.4 Å². The monoisotopic (exact) mass is 127 g/mol. The van der Waals surface area contributed by atoms with E-state index in [9.17, 15) is 0 Å². The minimum Gasteiger partial charge on any atom is -0.265 e. The molecule has 1 aliphatic rings. The molecule has 8 heavy (non-hydrogen) atoms. The van der Waals surface area contributed by atoms with Crippen LogP contribution in [-0.2, 0) is 0 Å². The van der Waals surface area contributed by atoms with Gasteiger partial charge < -0.3 is 0 Å². The van der Waals surface area contributed by atoms with Gasteiger partial charge in [0.2, 0.25) is 0 Å². The van der Waals surface area contributed by atoms with Gasteiger partial charge in [0.25, 0.3) is 0 Å². The van der Waals surface area contributed by atoms with Crippen LogP contribution in [0.2, 0.25) is 0 Å². The SMILES string of the molecule is CC1=NC=CSCC1. The topological polar surface area (TPSA) is 12.4 Å². The third kappa shape index (κ3) is 1.70. The largest absolute Gasteiger partial charge is 0.265 e. The molecule has 0 unspecified atom stereocenters. The van der Waals surface area contributed by atoms with Crippen LogP contribution in [-0.4, -0.2) is 11.5 Å². The van der Waals surface area contributed by atoms with Gasteiger partial charge in [0.1, 0.15) is 0 Å². The molecule has 0 atom stereocenters. The van der Waals surface area contributed by atoms with Crippen LogP contribution >= 0.6 is 11.8 Å². The quantitative estimate of drug-likeness (QED) is 0.485. The van der Waals surface area contributed by atoms with E-state index in [2.05, 4.69) is 11.9 Å². The van der Waals surface area contributed by atoms with Crippen molar-refractivity contribution in [3.63, 3.8) is 0 Å². The zero-order valence-corrected chi connectivity index (χ0v) is 5.74. The normalized spacial score (nSPS) is 19.9. The Morgan fingerprint density at radius 3 is 3.50 bits per heavy atom. The molecular formula is C6H9NS. The third-order valence-corrected chi connectivity index (χ3v) is 1.79. The van der Waals surface area contributed by atoms with Crippen molar-refractivity contribution in [2.45, 2.75) is 13.3 Å². The Morgan fingerprint density at radius 1 is 1.75 bits per heavy atom. The van der Waals surface area contributed by atoms with E-state index in [1.54, 1.807) is 0 Å². The van der Waals surface area contributed by atoms with Gasteiger partial charge in [-0.3, -0.25) is 4.99 Å². The highest BCUT2D eigenvalue weighted by Crippen LogP contribution is 2.08. The molecule has 0 aromatic rings. The van der Waals surface area contributed by atoms with Crippen LogP contribution in [0, 0.1) is 0 Å². The van der Waals surface area contributed by atoms with E-state index in [0.717, 1.165) is 6.42 Å². The first-order valence-corrected chi connectivity index (χ1v) is 3.74. The predicted octanol–water partition coefficient (Wildman–Crippen LogP) is 2.06. The molecule has 0 spiro atoms. The minimum absolute atomic E-state index is 1.14. The van der Waals surface area contributed by atoms with Crippen LogP contribution < -0.4 is 0 Å². The first-order valence-electron chi connectivity index (χ1n) is 2.69. The van der Waals surface area contributed by atoms with E-state index in [4.69, 9.17) is 0 Å². The summed E-state index contributed by atoms with van der Waals surface area (Å²) in [5, 5.41) is 2.04. The summed E-state index contributed by atoms with van der Waals surface area (Å²) in [4.78, 5) is 4.14. The molecule has 0 bridgehead atoms. The second kappa shape index (κ2) is 2.92. The van der Waals surface area contributed by atoms with Crippen molar-refractivity contribution in [2.75, 3.05) is 5.75 Å². The average molecular weight is 127 g/mol. The van der Waals surface area contributed by atoms with Crippen molar-refractivity contribution in [1.29, 1.82) is 0 Å². The summed E-state index contributed by atoms with van der Waals surface area (Å²) < 4.78 is 0. The number of hydrogen-bond donors (Lipinski definition) is 0. The van der Waals surface area contributed by atoms with Gasteiger partial charge >= 0.3 is 0 Å². The first-order chi connectivity index (χ1) is 3.89. The Labute approximate surface area is 53.9 Å². The zero-order chi connectivity index (χ0) is 5.82. The molecule has 1 nitrogen and oxygen atoms in total. The fraction of sp³-hybridized carbons (Fsp3) is 0.500. The fourth-order valence-electron chi connectivity index (χ4n) is 0.540. The van der Waals surface area contributed by atoms with Crippen molar-refractivity contribution in [3.05, 3.63) is 11.6 Å². The lowest BCUT2D eigenvalue weighted by molar-refractivity contribution is 1.28. The summed E-state index contributed by atoms with van der Waals surface area (Å²) in [6.07, 6.45) is 3.00. The van der Waals surface area contributed by atoms with Crippen molar-refractivity contribution < 1.29 is 0 Å². The number of rotatable bonds is 0. The van der Waals surface area contributed by atoms with Crippen LogP contribution in [0.5, 0.6) is 0 Å². The molecule has 0 N–H and O–H groups in total. The second-order valence-electron chi connectivity index (χ2n) is 1.77. The molecule has 0 amide bonds. The van der Waals surface area contributed by atoms with Gasteiger partial charge in [-0.1, -0.05) is 0 Å². The molecule has 44 valence electrons. The average Bonchev–Trinajstić information content (AvgIpc) is 1.94. The Hall–Kier alpha value is -0.240. The van der Waals surface area contributed by atoms with Gasteiger partial charge in [0.05, 0.1) is 0 Å². The lowest BCUT2D eigenvalue weighted by atomic mass is 10.3. The summed E-state index contributed by atoms with van der Waals surface area (Å²) in [5.74, 6) is 1.19. The molecule has 0 aromatic heterocycles. The van der Waals surface area contributed by atoms with Crippen LogP contribution in [0.15, 0.2) is 16.6 Å². The van der Waals surface area contributed by atoms with E-state index in [1.165, 1.54) is 11.5 Å². The van der Waals surface area contributed by atoms with E-state index in [-0.39, 0.29) is 0 Å².